The number of nitrogens with zero attached hydrogens (tertiary/aromatic N) is 4. The van der Waals surface area contributed by atoms with Gasteiger partial charge < -0.3 is 9.72 Å². The van der Waals surface area contributed by atoms with Gasteiger partial charge in [0.25, 0.3) is 0 Å². The zero-order chi connectivity index (χ0) is 21.1. The normalized spacial score (nSPS) is 13.1. The molecule has 2 atom stereocenters. The molecule has 0 aliphatic rings. The van der Waals surface area contributed by atoms with Crippen molar-refractivity contribution < 1.29 is 14.3 Å². The second-order valence-corrected chi connectivity index (χ2v) is 7.11. The molecule has 30 heavy (non-hydrogen) atoms. The molecule has 0 aliphatic heterocycles. The molecule has 0 bridgehead atoms. The fraction of sp³-hybridized carbons (Fsp3) is 0.227. The van der Waals surface area contributed by atoms with Crippen LogP contribution in [0.25, 0.3) is 10.9 Å². The molecule has 0 unspecified atom stereocenters. The van der Waals surface area contributed by atoms with Crippen LogP contribution in [-0.4, -0.2) is 43.0 Å². The Labute approximate surface area is 172 Å². The molecule has 2 aromatic carbocycles. The number of hydrogen-bond donors (Lipinski definition) is 1. The highest BCUT2D eigenvalue weighted by molar-refractivity contribution is 6.11. The molecule has 0 amide bonds. The predicted octanol–water partition coefficient (Wildman–Crippen LogP) is 3.06. The van der Waals surface area contributed by atoms with Gasteiger partial charge in [-0.15, -0.1) is 5.10 Å². The number of ketones is 1. The highest BCUT2D eigenvalue weighted by Crippen LogP contribution is 2.24. The van der Waals surface area contributed by atoms with E-state index >= 15 is 0 Å². The van der Waals surface area contributed by atoms with E-state index in [9.17, 15) is 9.59 Å². The number of nitrogens with one attached hydrogen (secondary N) is 1. The van der Waals surface area contributed by atoms with E-state index < -0.39 is 18.1 Å². The first-order valence-electron chi connectivity index (χ1n) is 9.63. The van der Waals surface area contributed by atoms with Gasteiger partial charge >= 0.3 is 5.97 Å². The molecule has 8 nitrogen and oxygen atoms in total. The number of ether oxygens (including phenoxy) is 1. The number of fused-ring (bicyclic) bond motifs is 1. The van der Waals surface area contributed by atoms with Crippen LogP contribution in [0.3, 0.4) is 0 Å². The number of aromatic nitrogens is 5. The Morgan fingerprint density at radius 1 is 1.10 bits per heavy atom. The fourth-order valence-electron chi connectivity index (χ4n) is 3.54. The van der Waals surface area contributed by atoms with Gasteiger partial charge in [0.05, 0.1) is 0 Å². The van der Waals surface area contributed by atoms with Gasteiger partial charge in [-0.25, -0.2) is 9.48 Å². The number of Topliss-reactive ketones (excluding diaryl/α,β-unsaturated/α-hetero) is 1. The van der Waals surface area contributed by atoms with Crippen molar-refractivity contribution in [2.75, 3.05) is 0 Å². The lowest BCUT2D eigenvalue weighted by atomic mass is 10.0. The molecule has 1 N–H and O–H groups in total. The molecule has 0 fully saturated rings. The van der Waals surface area contributed by atoms with Gasteiger partial charge in [-0.1, -0.05) is 48.5 Å². The number of para-hydroxylation sites is 1. The predicted molar refractivity (Wildman–Crippen MR) is 110 cm³/mol. The fourth-order valence-corrected chi connectivity index (χ4v) is 3.54. The lowest BCUT2D eigenvalue weighted by Gasteiger charge is -2.19. The maximum absolute atomic E-state index is 13.1. The van der Waals surface area contributed by atoms with Gasteiger partial charge in [-0.3, -0.25) is 4.79 Å². The Balaban J connectivity index is 1.55. The summed E-state index contributed by atoms with van der Waals surface area (Å²) in [6.07, 6.45) is 0.758. The quantitative estimate of drug-likeness (QED) is 0.376. The highest BCUT2D eigenvalue weighted by Gasteiger charge is 2.29. The van der Waals surface area contributed by atoms with Crippen molar-refractivity contribution >= 4 is 22.7 Å². The zero-order valence-electron chi connectivity index (χ0n) is 16.6. The average molecular weight is 403 g/mol. The third-order valence-corrected chi connectivity index (χ3v) is 5.03. The highest BCUT2D eigenvalue weighted by atomic mass is 16.5. The number of benzene rings is 2. The Morgan fingerprint density at radius 2 is 1.83 bits per heavy atom. The van der Waals surface area contributed by atoms with Gasteiger partial charge in [-0.2, -0.15) is 0 Å². The second-order valence-electron chi connectivity index (χ2n) is 7.11. The van der Waals surface area contributed by atoms with Crippen LogP contribution in [0.5, 0.6) is 0 Å². The van der Waals surface area contributed by atoms with Crippen LogP contribution in [-0.2, 0) is 16.0 Å². The van der Waals surface area contributed by atoms with Crippen LogP contribution in [0.2, 0.25) is 0 Å². The summed E-state index contributed by atoms with van der Waals surface area (Å²) in [6.45, 7) is 3.42. The molecule has 0 aliphatic carbocycles. The van der Waals surface area contributed by atoms with Gasteiger partial charge in [0.1, 0.15) is 6.33 Å². The molecular weight excluding hydrogens is 382 g/mol. The van der Waals surface area contributed by atoms with Crippen LogP contribution < -0.4 is 0 Å². The Kier molecular flexibility index (Phi) is 5.38. The number of aromatic amines is 1. The maximum Gasteiger partial charge on any atom is 0.332 e. The van der Waals surface area contributed by atoms with E-state index in [2.05, 4.69) is 20.5 Å². The minimum absolute atomic E-state index is 0.256. The van der Waals surface area contributed by atoms with Crippen LogP contribution in [0.1, 0.15) is 34.6 Å². The first-order valence-corrected chi connectivity index (χ1v) is 9.63. The largest absolute Gasteiger partial charge is 0.453 e. The van der Waals surface area contributed by atoms with Crippen molar-refractivity contribution in [2.24, 2.45) is 0 Å². The smallest absolute Gasteiger partial charge is 0.332 e. The summed E-state index contributed by atoms with van der Waals surface area (Å²) >= 11 is 0. The van der Waals surface area contributed by atoms with E-state index in [4.69, 9.17) is 4.74 Å². The third-order valence-electron chi connectivity index (χ3n) is 5.03. The maximum atomic E-state index is 13.1. The number of carbonyl (C=O) groups excluding carboxylic acids is 2. The summed E-state index contributed by atoms with van der Waals surface area (Å²) in [5, 5.41) is 11.9. The number of H-pyrrole nitrogens is 1. The summed E-state index contributed by atoms with van der Waals surface area (Å²) in [5.41, 5.74) is 3.08. The molecule has 0 saturated heterocycles. The minimum Gasteiger partial charge on any atom is -0.453 e. The molecule has 0 radical (unpaired) electrons. The minimum atomic E-state index is -0.954. The van der Waals surface area contributed by atoms with Crippen molar-refractivity contribution in [2.45, 2.75) is 32.4 Å². The molecule has 4 rings (SSSR count). The number of rotatable bonds is 7. The first kappa shape index (κ1) is 19.5. The van der Waals surface area contributed by atoms with Crippen molar-refractivity contribution in [1.29, 1.82) is 0 Å². The summed E-state index contributed by atoms with van der Waals surface area (Å²) in [6, 6.07) is 16.3. The van der Waals surface area contributed by atoms with Gasteiger partial charge in [0.2, 0.25) is 5.78 Å². The molecular formula is C22H21N5O3. The Hall–Kier alpha value is -3.81. The molecule has 0 saturated carbocycles. The van der Waals surface area contributed by atoms with Crippen molar-refractivity contribution in [3.05, 3.63) is 77.7 Å². The summed E-state index contributed by atoms with van der Waals surface area (Å²) in [5.74, 6) is -0.821. The number of esters is 1. The molecule has 2 aromatic heterocycles. The number of aryl methyl sites for hydroxylation is 1. The van der Waals surface area contributed by atoms with E-state index in [0.29, 0.717) is 12.0 Å². The van der Waals surface area contributed by atoms with Gasteiger partial charge in [0.15, 0.2) is 12.1 Å². The zero-order valence-corrected chi connectivity index (χ0v) is 16.6. The van der Waals surface area contributed by atoms with E-state index in [1.54, 1.807) is 6.92 Å². The average Bonchev–Trinajstić information content (AvgIpc) is 3.39. The number of tetrazole rings is 1. The van der Waals surface area contributed by atoms with Crippen molar-refractivity contribution in [1.82, 2.24) is 25.2 Å². The standard InChI is InChI=1S/C22H21N5O3/c1-14-20(17-10-6-7-11-18(17)24-14)21(28)15(2)30-22(29)19(27-13-23-25-26-27)12-16-8-4-3-5-9-16/h3-11,13,15,19,24H,12H2,1-2H3/t15-,19-/m1/s1. The first-order chi connectivity index (χ1) is 14.5. The monoisotopic (exact) mass is 403 g/mol. The van der Waals surface area contributed by atoms with Crippen LogP contribution in [0, 0.1) is 6.92 Å². The lowest BCUT2D eigenvalue weighted by molar-refractivity contribution is -0.150. The summed E-state index contributed by atoms with van der Waals surface area (Å²) < 4.78 is 6.93. The summed E-state index contributed by atoms with van der Waals surface area (Å²) in [7, 11) is 0. The Bertz CT molecular complexity index is 1170. The van der Waals surface area contributed by atoms with Gasteiger partial charge in [-0.05, 0) is 35.9 Å². The van der Waals surface area contributed by atoms with E-state index in [1.807, 2.05) is 61.5 Å². The topological polar surface area (TPSA) is 103 Å². The van der Waals surface area contributed by atoms with E-state index in [-0.39, 0.29) is 5.78 Å². The van der Waals surface area contributed by atoms with Crippen molar-refractivity contribution in [3.63, 3.8) is 0 Å². The molecule has 8 heteroatoms. The summed E-state index contributed by atoms with van der Waals surface area (Å²) in [4.78, 5) is 29.3. The third kappa shape index (κ3) is 3.84. The van der Waals surface area contributed by atoms with Gasteiger partial charge in [0, 0.05) is 28.6 Å². The number of hydrogen-bond acceptors (Lipinski definition) is 6. The van der Waals surface area contributed by atoms with Crippen LogP contribution in [0.15, 0.2) is 60.9 Å². The van der Waals surface area contributed by atoms with E-state index in [0.717, 1.165) is 22.2 Å². The molecule has 152 valence electrons. The molecule has 0 spiro atoms. The molecule has 4 aromatic rings. The van der Waals surface area contributed by atoms with Crippen molar-refractivity contribution in [3.8, 4) is 0 Å². The Morgan fingerprint density at radius 3 is 2.57 bits per heavy atom. The SMILES string of the molecule is Cc1[nH]c2ccccc2c1C(=O)[C@@H](C)OC(=O)[C@@H](Cc1ccccc1)n1cnnn1. The van der Waals surface area contributed by atoms with Crippen LogP contribution >= 0.6 is 0 Å². The van der Waals surface area contributed by atoms with Crippen LogP contribution in [0.4, 0.5) is 0 Å². The molecule has 2 heterocycles. The van der Waals surface area contributed by atoms with E-state index in [1.165, 1.54) is 11.0 Å². The lowest BCUT2D eigenvalue weighted by Crippen LogP contribution is -2.31. The number of carbonyl (C=O) groups is 2. The second kappa shape index (κ2) is 8.28.